The van der Waals surface area contributed by atoms with Crippen LogP contribution < -0.4 is 5.32 Å². The zero-order chi connectivity index (χ0) is 14.8. The highest BCUT2D eigenvalue weighted by molar-refractivity contribution is 7.90. The second kappa shape index (κ2) is 6.41. The molecule has 1 aliphatic heterocycles. The zero-order valence-corrected chi connectivity index (χ0v) is 13.0. The first-order valence-corrected chi connectivity index (χ1v) is 8.75. The number of esters is 1. The van der Waals surface area contributed by atoms with Crippen molar-refractivity contribution < 1.29 is 17.9 Å². The van der Waals surface area contributed by atoms with Crippen LogP contribution in [-0.4, -0.2) is 56.7 Å². The van der Waals surface area contributed by atoms with E-state index in [2.05, 4.69) is 10.1 Å². The zero-order valence-electron chi connectivity index (χ0n) is 12.2. The largest absolute Gasteiger partial charge is 0.468 e. The number of hydrogen-bond donors (Lipinski definition) is 1. The van der Waals surface area contributed by atoms with Gasteiger partial charge in [-0.15, -0.1) is 0 Å². The Balaban J connectivity index is 2.08. The molecule has 2 rings (SSSR count). The van der Waals surface area contributed by atoms with Gasteiger partial charge < -0.3 is 10.1 Å². The lowest BCUT2D eigenvalue weighted by Gasteiger charge is -2.27. The molecule has 2 aliphatic rings. The van der Waals surface area contributed by atoms with Crippen LogP contribution in [-0.2, 0) is 19.6 Å². The number of ether oxygens (including phenoxy) is 1. The molecule has 0 spiro atoms. The molecule has 0 amide bonds. The third-order valence-electron chi connectivity index (χ3n) is 4.08. The maximum atomic E-state index is 12.6. The Hall–Kier alpha value is -0.660. The molecule has 2 atom stereocenters. The van der Waals surface area contributed by atoms with E-state index in [-0.39, 0.29) is 6.04 Å². The number of hydrogen-bond acceptors (Lipinski definition) is 5. The predicted molar refractivity (Wildman–Crippen MR) is 75.7 cm³/mol. The van der Waals surface area contributed by atoms with E-state index < -0.39 is 21.2 Å². The van der Waals surface area contributed by atoms with Crippen molar-refractivity contribution in [2.24, 2.45) is 5.92 Å². The highest BCUT2D eigenvalue weighted by Crippen LogP contribution is 2.31. The van der Waals surface area contributed by atoms with Crippen LogP contribution in [0.25, 0.3) is 0 Å². The van der Waals surface area contributed by atoms with Crippen molar-refractivity contribution in [2.45, 2.75) is 43.9 Å². The molecule has 0 radical (unpaired) electrons. The van der Waals surface area contributed by atoms with E-state index >= 15 is 0 Å². The van der Waals surface area contributed by atoms with Crippen LogP contribution >= 0.6 is 0 Å². The van der Waals surface area contributed by atoms with Crippen molar-refractivity contribution in [3.63, 3.8) is 0 Å². The summed E-state index contributed by atoms with van der Waals surface area (Å²) in [6.07, 6.45) is 4.23. The van der Waals surface area contributed by atoms with Gasteiger partial charge in [0.2, 0.25) is 10.0 Å². The molecule has 20 heavy (non-hydrogen) atoms. The first-order chi connectivity index (χ1) is 9.45. The fourth-order valence-corrected chi connectivity index (χ4v) is 4.13. The Morgan fingerprint density at radius 3 is 2.55 bits per heavy atom. The summed E-state index contributed by atoms with van der Waals surface area (Å²) in [7, 11) is -2.42. The summed E-state index contributed by atoms with van der Waals surface area (Å²) in [6, 6.07) is 0.202. The fraction of sp³-hybridized carbons (Fsp3) is 0.923. The van der Waals surface area contributed by atoms with Gasteiger partial charge in [-0.1, -0.05) is 0 Å². The highest BCUT2D eigenvalue weighted by atomic mass is 32.2. The summed E-state index contributed by atoms with van der Waals surface area (Å²) in [5.41, 5.74) is 0. The fourth-order valence-electron chi connectivity index (χ4n) is 2.54. The van der Waals surface area contributed by atoms with Crippen molar-refractivity contribution in [3.8, 4) is 0 Å². The maximum Gasteiger partial charge on any atom is 0.325 e. The van der Waals surface area contributed by atoms with Crippen LogP contribution in [0.4, 0.5) is 0 Å². The molecule has 1 saturated heterocycles. The summed E-state index contributed by atoms with van der Waals surface area (Å²) in [5, 5.41) is 2.18. The number of rotatable bonds is 7. The van der Waals surface area contributed by atoms with E-state index in [1.807, 2.05) is 0 Å². The molecule has 0 bridgehead atoms. The van der Waals surface area contributed by atoms with E-state index in [4.69, 9.17) is 0 Å². The van der Waals surface area contributed by atoms with E-state index in [1.54, 1.807) is 0 Å². The summed E-state index contributed by atoms with van der Waals surface area (Å²) < 4.78 is 31.2. The Morgan fingerprint density at radius 2 is 2.05 bits per heavy atom. The van der Waals surface area contributed by atoms with Crippen molar-refractivity contribution in [1.82, 2.24) is 9.62 Å². The lowest BCUT2D eigenvalue weighted by atomic mass is 10.2. The van der Waals surface area contributed by atoms with Crippen LogP contribution in [0.2, 0.25) is 0 Å². The third-order valence-corrected chi connectivity index (χ3v) is 6.19. The first kappa shape index (κ1) is 15.7. The Bertz CT molecular complexity index is 441. The minimum atomic E-state index is -3.64. The first-order valence-electron chi connectivity index (χ1n) is 7.25. The van der Waals surface area contributed by atoms with Gasteiger partial charge >= 0.3 is 5.97 Å². The minimum absolute atomic E-state index is 0.202. The van der Waals surface area contributed by atoms with E-state index in [1.165, 1.54) is 18.3 Å². The van der Waals surface area contributed by atoms with E-state index in [9.17, 15) is 13.2 Å². The van der Waals surface area contributed by atoms with Crippen molar-refractivity contribution >= 4 is 16.0 Å². The van der Waals surface area contributed by atoms with Crippen LogP contribution in [0.5, 0.6) is 0 Å². The summed E-state index contributed by atoms with van der Waals surface area (Å²) in [4.78, 5) is 11.6. The van der Waals surface area contributed by atoms with Gasteiger partial charge in [0.05, 0.1) is 7.11 Å². The topological polar surface area (TPSA) is 75.7 Å². The molecule has 1 saturated carbocycles. The van der Waals surface area contributed by atoms with Crippen molar-refractivity contribution in [3.05, 3.63) is 0 Å². The monoisotopic (exact) mass is 304 g/mol. The summed E-state index contributed by atoms with van der Waals surface area (Å²) in [5.74, 6) is -0.235. The Morgan fingerprint density at radius 1 is 1.35 bits per heavy atom. The smallest absolute Gasteiger partial charge is 0.325 e. The number of carbonyl (C=O) groups is 1. The summed E-state index contributed by atoms with van der Waals surface area (Å²) in [6.45, 7) is 3.33. The van der Waals surface area contributed by atoms with E-state index in [0.717, 1.165) is 32.2 Å². The molecule has 116 valence electrons. The molecule has 1 heterocycles. The average Bonchev–Trinajstić information content (AvgIpc) is 3.10. The van der Waals surface area contributed by atoms with Gasteiger partial charge in [0.15, 0.2) is 5.25 Å². The summed E-state index contributed by atoms with van der Waals surface area (Å²) >= 11 is 0. The molecule has 7 heteroatoms. The molecular weight excluding hydrogens is 280 g/mol. The third kappa shape index (κ3) is 3.71. The number of carbonyl (C=O) groups excluding carboxylic acids is 1. The molecular formula is C13H24N2O4S. The number of sulfonamides is 1. The SMILES string of the molecule is COC(=O)C(C)S(=O)(=O)N(CC1CC1)CC1CCCN1. The number of nitrogens with zero attached hydrogens (tertiary/aromatic N) is 1. The average molecular weight is 304 g/mol. The molecule has 1 aliphatic carbocycles. The molecule has 1 N–H and O–H groups in total. The molecule has 2 unspecified atom stereocenters. The van der Waals surface area contributed by atoms with Gasteiger partial charge in [-0.25, -0.2) is 8.42 Å². The quantitative estimate of drug-likeness (QED) is 0.687. The number of nitrogens with one attached hydrogen (secondary N) is 1. The predicted octanol–water partition coefficient (Wildman–Crippen LogP) is 0.342. The van der Waals surface area contributed by atoms with Crippen LogP contribution in [0.3, 0.4) is 0 Å². The molecule has 6 nitrogen and oxygen atoms in total. The molecule has 0 aromatic carbocycles. The van der Waals surface area contributed by atoms with Gasteiger partial charge in [-0.3, -0.25) is 4.79 Å². The molecule has 0 aromatic heterocycles. The Kier molecular flexibility index (Phi) is 5.04. The molecule has 2 fully saturated rings. The van der Waals surface area contributed by atoms with Gasteiger partial charge in [0.25, 0.3) is 0 Å². The van der Waals surface area contributed by atoms with Gasteiger partial charge in [-0.2, -0.15) is 4.31 Å². The minimum Gasteiger partial charge on any atom is -0.468 e. The lowest BCUT2D eigenvalue weighted by Crippen LogP contribution is -2.47. The molecule has 0 aromatic rings. The van der Waals surface area contributed by atoms with Crippen molar-refractivity contribution in [2.75, 3.05) is 26.7 Å². The normalized spacial score (nSPS) is 24.9. The van der Waals surface area contributed by atoms with Crippen LogP contribution in [0.1, 0.15) is 32.6 Å². The maximum absolute atomic E-state index is 12.6. The lowest BCUT2D eigenvalue weighted by molar-refractivity contribution is -0.139. The highest BCUT2D eigenvalue weighted by Gasteiger charge is 2.38. The van der Waals surface area contributed by atoms with Gasteiger partial charge in [-0.05, 0) is 45.1 Å². The van der Waals surface area contributed by atoms with Gasteiger partial charge in [0.1, 0.15) is 0 Å². The number of methoxy groups -OCH3 is 1. The standard InChI is InChI=1S/C13H24N2O4S/c1-10(13(16)19-2)20(17,18)15(8-11-5-6-11)9-12-4-3-7-14-12/h10-12,14H,3-9H2,1-2H3. The van der Waals surface area contributed by atoms with Crippen LogP contribution in [0.15, 0.2) is 0 Å². The Labute approximate surface area is 120 Å². The second-order valence-corrected chi connectivity index (χ2v) is 8.02. The van der Waals surface area contributed by atoms with Crippen LogP contribution in [0, 0.1) is 5.92 Å². The van der Waals surface area contributed by atoms with Gasteiger partial charge in [0, 0.05) is 19.1 Å². The second-order valence-electron chi connectivity index (χ2n) is 5.76. The van der Waals surface area contributed by atoms with E-state index in [0.29, 0.717) is 19.0 Å². The van der Waals surface area contributed by atoms with Crippen molar-refractivity contribution in [1.29, 1.82) is 0 Å².